The van der Waals surface area contributed by atoms with Gasteiger partial charge in [-0.1, -0.05) is 36.1 Å². The number of methoxy groups -OCH3 is 1. The number of nitrogens with one attached hydrogen (secondary N) is 1. The first-order chi connectivity index (χ1) is 13.9. The minimum Gasteiger partial charge on any atom is -0.467 e. The molecule has 0 unspecified atom stereocenters. The second-order valence-corrected chi connectivity index (χ2v) is 6.29. The summed E-state index contributed by atoms with van der Waals surface area (Å²) in [4.78, 5) is 23.9. The van der Waals surface area contributed by atoms with Crippen LogP contribution in [0.5, 0.6) is 0 Å². The van der Waals surface area contributed by atoms with Crippen molar-refractivity contribution in [3.8, 4) is 11.8 Å². The first-order valence-electron chi connectivity index (χ1n) is 8.99. The predicted molar refractivity (Wildman–Crippen MR) is 110 cm³/mol. The Morgan fingerprint density at radius 2 is 1.79 bits per heavy atom. The number of carbonyl (C=O) groups is 2. The molecular formula is C23H23NO5. The van der Waals surface area contributed by atoms with Crippen LogP contribution in [0.2, 0.25) is 0 Å². The highest BCUT2D eigenvalue weighted by Gasteiger charge is 2.26. The van der Waals surface area contributed by atoms with Gasteiger partial charge in [0.1, 0.15) is 0 Å². The van der Waals surface area contributed by atoms with E-state index in [0.717, 1.165) is 16.7 Å². The van der Waals surface area contributed by atoms with Gasteiger partial charge in [0.25, 0.3) is 5.91 Å². The Morgan fingerprint density at radius 3 is 2.34 bits per heavy atom. The van der Waals surface area contributed by atoms with E-state index in [2.05, 4.69) is 21.9 Å². The molecule has 150 valence electrons. The first kappa shape index (κ1) is 21.9. The molecule has 3 N–H and O–H groups in total. The topological polar surface area (TPSA) is 95.9 Å². The summed E-state index contributed by atoms with van der Waals surface area (Å²) in [5, 5.41) is 21.1. The van der Waals surface area contributed by atoms with Crippen LogP contribution in [0, 0.1) is 11.8 Å². The second-order valence-electron chi connectivity index (χ2n) is 6.29. The average molecular weight is 393 g/mol. The molecule has 0 aliphatic carbocycles. The predicted octanol–water partition coefficient (Wildman–Crippen LogP) is 1.90. The van der Waals surface area contributed by atoms with Crippen molar-refractivity contribution in [3.05, 3.63) is 76.9 Å². The molecule has 0 aliphatic rings. The smallest absolute Gasteiger partial charge is 0.331 e. The molecule has 6 heteroatoms. The van der Waals surface area contributed by atoms with Crippen molar-refractivity contribution in [2.24, 2.45) is 0 Å². The molecule has 2 aromatic carbocycles. The van der Waals surface area contributed by atoms with Crippen LogP contribution in [0.1, 0.15) is 34.0 Å². The Hall–Kier alpha value is -3.40. The highest BCUT2D eigenvalue weighted by atomic mass is 16.5. The van der Waals surface area contributed by atoms with Crippen molar-refractivity contribution in [1.29, 1.82) is 0 Å². The summed E-state index contributed by atoms with van der Waals surface area (Å²) in [7, 11) is 1.19. The van der Waals surface area contributed by atoms with Gasteiger partial charge < -0.3 is 20.3 Å². The highest BCUT2D eigenvalue weighted by Crippen LogP contribution is 2.07. The summed E-state index contributed by atoms with van der Waals surface area (Å²) in [6.45, 7) is 1.41. The highest BCUT2D eigenvalue weighted by molar-refractivity contribution is 5.97. The summed E-state index contributed by atoms with van der Waals surface area (Å²) in [5.74, 6) is 4.68. The molecule has 0 spiro atoms. The molecule has 2 rings (SSSR count). The number of rotatable bonds is 6. The Bertz CT molecular complexity index is 918. The Morgan fingerprint density at radius 1 is 1.14 bits per heavy atom. The van der Waals surface area contributed by atoms with Crippen LogP contribution in [-0.4, -0.2) is 41.3 Å². The van der Waals surface area contributed by atoms with Gasteiger partial charge in [-0.05, 0) is 54.5 Å². The fourth-order valence-corrected chi connectivity index (χ4v) is 2.43. The third-order valence-corrected chi connectivity index (χ3v) is 4.11. The summed E-state index contributed by atoms with van der Waals surface area (Å²) < 4.78 is 4.58. The van der Waals surface area contributed by atoms with Crippen molar-refractivity contribution in [2.45, 2.75) is 25.7 Å². The van der Waals surface area contributed by atoms with Crippen molar-refractivity contribution in [1.82, 2.24) is 5.32 Å². The molecule has 0 aromatic heterocycles. The van der Waals surface area contributed by atoms with Crippen molar-refractivity contribution >= 4 is 18.0 Å². The summed E-state index contributed by atoms with van der Waals surface area (Å²) in [6.07, 6.45) is 2.50. The minimum atomic E-state index is -1.14. The Kier molecular flexibility index (Phi) is 8.16. The molecule has 0 heterocycles. The normalized spacial score (nSPS) is 12.6. The molecule has 0 aliphatic heterocycles. The lowest BCUT2D eigenvalue weighted by molar-refractivity contribution is -0.145. The minimum absolute atomic E-state index is 0.0141. The SMILES string of the molecule is COC(=O)[C@@H](NC(=O)c1ccc(C#C/C=C/c2ccc(CO)cc2)cc1)[C@@H](C)O. The monoisotopic (exact) mass is 393 g/mol. The van der Waals surface area contributed by atoms with Gasteiger partial charge in [-0.3, -0.25) is 4.79 Å². The third kappa shape index (κ3) is 6.61. The lowest BCUT2D eigenvalue weighted by Crippen LogP contribution is -2.48. The van der Waals surface area contributed by atoms with Gasteiger partial charge in [0.15, 0.2) is 6.04 Å². The molecule has 0 saturated heterocycles. The number of aliphatic hydroxyl groups excluding tert-OH is 2. The number of esters is 1. The average Bonchev–Trinajstić information content (AvgIpc) is 2.75. The van der Waals surface area contributed by atoms with E-state index in [-0.39, 0.29) is 6.61 Å². The molecule has 1 amide bonds. The fourth-order valence-electron chi connectivity index (χ4n) is 2.43. The zero-order valence-corrected chi connectivity index (χ0v) is 16.3. The lowest BCUT2D eigenvalue weighted by Gasteiger charge is -2.18. The van der Waals surface area contributed by atoms with Gasteiger partial charge in [-0.25, -0.2) is 4.79 Å². The number of amides is 1. The molecule has 0 bridgehead atoms. The zero-order chi connectivity index (χ0) is 21.2. The largest absolute Gasteiger partial charge is 0.467 e. The van der Waals surface area contributed by atoms with Crippen LogP contribution >= 0.6 is 0 Å². The van der Waals surface area contributed by atoms with E-state index in [4.69, 9.17) is 5.11 Å². The molecule has 0 fully saturated rings. The number of benzene rings is 2. The van der Waals surface area contributed by atoms with Gasteiger partial charge in [0.05, 0.1) is 19.8 Å². The Balaban J connectivity index is 1.99. The number of hydrogen-bond donors (Lipinski definition) is 3. The molecule has 29 heavy (non-hydrogen) atoms. The van der Waals surface area contributed by atoms with Gasteiger partial charge in [0, 0.05) is 11.1 Å². The van der Waals surface area contributed by atoms with Crippen LogP contribution < -0.4 is 5.32 Å². The Labute approximate surface area is 169 Å². The zero-order valence-electron chi connectivity index (χ0n) is 16.3. The maximum atomic E-state index is 12.3. The summed E-state index contributed by atoms with van der Waals surface area (Å²) in [5.41, 5.74) is 2.89. The maximum absolute atomic E-state index is 12.3. The summed E-state index contributed by atoms with van der Waals surface area (Å²) >= 11 is 0. The van der Waals surface area contributed by atoms with Crippen LogP contribution in [0.3, 0.4) is 0 Å². The van der Waals surface area contributed by atoms with E-state index in [9.17, 15) is 14.7 Å². The molecular weight excluding hydrogens is 370 g/mol. The van der Waals surface area contributed by atoms with Gasteiger partial charge in [-0.2, -0.15) is 0 Å². The number of aliphatic hydroxyl groups is 2. The fraction of sp³-hybridized carbons (Fsp3) is 0.217. The van der Waals surface area contributed by atoms with Gasteiger partial charge >= 0.3 is 5.97 Å². The molecule has 0 radical (unpaired) electrons. The number of carbonyl (C=O) groups excluding carboxylic acids is 2. The van der Waals surface area contributed by atoms with E-state index < -0.39 is 24.0 Å². The van der Waals surface area contributed by atoms with E-state index in [1.807, 2.05) is 30.3 Å². The number of hydrogen-bond acceptors (Lipinski definition) is 5. The van der Waals surface area contributed by atoms with Crippen LogP contribution in [0.4, 0.5) is 0 Å². The molecule has 2 aromatic rings. The van der Waals surface area contributed by atoms with Crippen LogP contribution in [-0.2, 0) is 16.1 Å². The van der Waals surface area contributed by atoms with E-state index in [1.165, 1.54) is 14.0 Å². The van der Waals surface area contributed by atoms with E-state index in [1.54, 1.807) is 30.3 Å². The van der Waals surface area contributed by atoms with Gasteiger partial charge in [0.2, 0.25) is 0 Å². The standard InChI is InChI=1S/C23H23NO5/c1-16(26)21(23(28)29-2)24-22(27)20-13-11-18(12-14-20)6-4-3-5-17-7-9-19(15-25)10-8-17/h3,5,7-14,16,21,25-26H,15H2,1-2H3,(H,24,27)/b5-3+/t16-,21+/m1/s1. The van der Waals surface area contributed by atoms with Crippen LogP contribution in [0.25, 0.3) is 6.08 Å². The maximum Gasteiger partial charge on any atom is 0.331 e. The number of allylic oxidation sites excluding steroid dienone is 1. The third-order valence-electron chi connectivity index (χ3n) is 4.11. The van der Waals surface area contributed by atoms with Crippen molar-refractivity contribution in [2.75, 3.05) is 7.11 Å². The van der Waals surface area contributed by atoms with Gasteiger partial charge in [-0.15, -0.1) is 0 Å². The molecule has 2 atom stereocenters. The van der Waals surface area contributed by atoms with Crippen molar-refractivity contribution in [3.63, 3.8) is 0 Å². The number of ether oxygens (including phenoxy) is 1. The lowest BCUT2D eigenvalue weighted by atomic mass is 10.1. The van der Waals surface area contributed by atoms with E-state index >= 15 is 0 Å². The molecule has 6 nitrogen and oxygen atoms in total. The van der Waals surface area contributed by atoms with Crippen molar-refractivity contribution < 1.29 is 24.5 Å². The second kappa shape index (κ2) is 10.8. The quantitative estimate of drug-likeness (QED) is 0.515. The van der Waals surface area contributed by atoms with E-state index in [0.29, 0.717) is 5.56 Å². The first-order valence-corrected chi connectivity index (χ1v) is 8.99. The van der Waals surface area contributed by atoms with Crippen LogP contribution in [0.15, 0.2) is 54.6 Å². The molecule has 0 saturated carbocycles. The summed E-state index contributed by atoms with van der Waals surface area (Å²) in [6, 6.07) is 12.9.